The first-order valence-electron chi connectivity index (χ1n) is 12.8. The van der Waals surface area contributed by atoms with Crippen LogP contribution in [-0.2, 0) is 25.5 Å². The van der Waals surface area contributed by atoms with E-state index >= 15 is 0 Å². The number of alkyl halides is 3. The van der Waals surface area contributed by atoms with E-state index < -0.39 is 87.1 Å². The van der Waals surface area contributed by atoms with Crippen LogP contribution < -0.4 is 16.7 Å². The van der Waals surface area contributed by atoms with Gasteiger partial charge < -0.3 is 36.2 Å². The van der Waals surface area contributed by atoms with Crippen molar-refractivity contribution in [3.8, 4) is 6.07 Å². The molecule has 15 nitrogen and oxygen atoms in total. The number of nitrogens with two attached hydrogens (primary N) is 1. The summed E-state index contributed by atoms with van der Waals surface area (Å²) in [7, 11) is -4.21. The van der Waals surface area contributed by atoms with Gasteiger partial charge in [0.15, 0.2) is 21.7 Å². The lowest BCUT2D eigenvalue weighted by molar-refractivity contribution is -0.137. The number of carbonyl (C=O) groups is 1. The summed E-state index contributed by atoms with van der Waals surface area (Å²) in [5.41, 5.74) is -0.407. The number of aliphatic hydroxyl groups excluding tert-OH is 3. The summed E-state index contributed by atoms with van der Waals surface area (Å²) in [6, 6.07) is 7.40. The maximum atomic E-state index is 13.0. The maximum absolute atomic E-state index is 13.0. The first-order chi connectivity index (χ1) is 21.3. The molecular formula is C26H26F4N6O9S. The Morgan fingerprint density at radius 3 is 2.33 bits per heavy atom. The van der Waals surface area contributed by atoms with Gasteiger partial charge in [0.05, 0.1) is 34.5 Å². The second-order valence-electron chi connectivity index (χ2n) is 9.94. The largest absolute Gasteiger partial charge is 0.417 e. The molecule has 7 N–H and O–H groups in total. The summed E-state index contributed by atoms with van der Waals surface area (Å²) in [6.45, 7) is 0.400. The SMILES string of the molecule is CC(O)(CS(=O)(=O)c1ccc(F)cc1)C(=O)Nc1ccc(C#N)c(C(F)(F)F)c1.Nc1ncn([C@@H]2O[C@H](CO)[C@@H](O)[C@H]2O)c(=O)n1. The maximum Gasteiger partial charge on any atom is 0.417 e. The molecule has 1 saturated heterocycles. The zero-order valence-electron chi connectivity index (χ0n) is 23.5. The van der Waals surface area contributed by atoms with Crippen molar-refractivity contribution < 1.29 is 55.9 Å². The van der Waals surface area contributed by atoms with Gasteiger partial charge in [0.25, 0.3) is 5.91 Å². The zero-order chi connectivity index (χ0) is 34.6. The number of hydrogen-bond acceptors (Lipinski definition) is 13. The highest BCUT2D eigenvalue weighted by Gasteiger charge is 2.44. The van der Waals surface area contributed by atoms with Crippen LogP contribution in [0.3, 0.4) is 0 Å². The molecule has 1 unspecified atom stereocenters. The summed E-state index contributed by atoms with van der Waals surface area (Å²) in [5, 5.41) is 49.2. The average molecular weight is 675 g/mol. The Balaban J connectivity index is 0.000000286. The Hall–Kier alpha value is -4.52. The third-order valence-electron chi connectivity index (χ3n) is 6.37. The lowest BCUT2D eigenvalue weighted by Gasteiger charge is -2.22. The average Bonchev–Trinajstić information content (AvgIpc) is 3.25. The molecule has 1 fully saturated rings. The number of anilines is 2. The van der Waals surface area contributed by atoms with E-state index in [-0.39, 0.29) is 16.5 Å². The Labute approximate surface area is 257 Å². The van der Waals surface area contributed by atoms with Crippen molar-refractivity contribution in [2.24, 2.45) is 0 Å². The van der Waals surface area contributed by atoms with E-state index in [1.807, 2.05) is 5.32 Å². The molecule has 1 aromatic heterocycles. The molecule has 248 valence electrons. The van der Waals surface area contributed by atoms with Crippen LogP contribution in [0.5, 0.6) is 0 Å². The van der Waals surface area contributed by atoms with Gasteiger partial charge in [0.2, 0.25) is 5.95 Å². The highest BCUT2D eigenvalue weighted by atomic mass is 32.2. The number of rotatable bonds is 7. The van der Waals surface area contributed by atoms with E-state index in [4.69, 9.17) is 20.8 Å². The number of halogens is 4. The molecule has 2 aromatic carbocycles. The Kier molecular flexibility index (Phi) is 10.8. The molecule has 5 atom stereocenters. The molecule has 2 heterocycles. The first-order valence-corrected chi connectivity index (χ1v) is 14.4. The van der Waals surface area contributed by atoms with Gasteiger partial charge in [-0.1, -0.05) is 0 Å². The monoisotopic (exact) mass is 674 g/mol. The number of nitriles is 1. The fourth-order valence-corrected chi connectivity index (χ4v) is 5.61. The van der Waals surface area contributed by atoms with Gasteiger partial charge in [0, 0.05) is 5.69 Å². The van der Waals surface area contributed by atoms with Crippen molar-refractivity contribution in [3.63, 3.8) is 0 Å². The number of aliphatic hydroxyl groups is 4. The lowest BCUT2D eigenvalue weighted by Crippen LogP contribution is -2.45. The summed E-state index contributed by atoms with van der Waals surface area (Å²) < 4.78 is 82.7. The van der Waals surface area contributed by atoms with Crippen LogP contribution in [-0.4, -0.2) is 85.6 Å². The minimum absolute atomic E-state index is 0.196. The second kappa shape index (κ2) is 13.9. The van der Waals surface area contributed by atoms with Gasteiger partial charge in [-0.2, -0.15) is 23.4 Å². The van der Waals surface area contributed by atoms with Gasteiger partial charge in [-0.15, -0.1) is 0 Å². The van der Waals surface area contributed by atoms with Crippen LogP contribution in [0, 0.1) is 17.1 Å². The van der Waals surface area contributed by atoms with Crippen LogP contribution in [0.2, 0.25) is 0 Å². The number of benzene rings is 2. The third-order valence-corrected chi connectivity index (χ3v) is 8.31. The summed E-state index contributed by atoms with van der Waals surface area (Å²) in [6.07, 6.45) is -8.54. The van der Waals surface area contributed by atoms with E-state index in [1.165, 1.54) is 6.07 Å². The number of sulfone groups is 1. The van der Waals surface area contributed by atoms with Crippen molar-refractivity contribution >= 4 is 27.4 Å². The van der Waals surface area contributed by atoms with Crippen molar-refractivity contribution in [1.82, 2.24) is 14.5 Å². The number of hydrogen-bond donors (Lipinski definition) is 6. The van der Waals surface area contributed by atoms with Crippen LogP contribution >= 0.6 is 0 Å². The number of carbonyl (C=O) groups excluding carboxylic acids is 1. The molecule has 0 aliphatic carbocycles. The Morgan fingerprint density at radius 2 is 1.80 bits per heavy atom. The van der Waals surface area contributed by atoms with E-state index in [0.29, 0.717) is 6.07 Å². The number of amides is 1. The third kappa shape index (κ3) is 8.39. The summed E-state index contributed by atoms with van der Waals surface area (Å²) in [4.78, 5) is 30.4. The van der Waals surface area contributed by atoms with Crippen molar-refractivity contribution in [2.75, 3.05) is 23.4 Å². The van der Waals surface area contributed by atoms with E-state index in [9.17, 15) is 50.9 Å². The molecule has 0 spiro atoms. The molecule has 3 aromatic rings. The molecule has 1 aliphatic rings. The standard InChI is InChI=1S/C18H14F4N2O4S.C8H12N4O5/c1-17(26,10-29(27,28)14-6-3-12(19)4-7-14)16(25)24-13-5-2-11(9-23)15(8-13)18(20,21)22;9-7-10-2-12(8(16)11-7)6-5(15)4(14)3(1-13)17-6/h2-8,26H,10H2,1H3,(H,24,25);2-6,13-15H,1H2,(H2,9,11,16)/t;3-,4-,5-,6-/m.1/s1. The Morgan fingerprint density at radius 1 is 1.17 bits per heavy atom. The minimum Gasteiger partial charge on any atom is -0.394 e. The number of aromatic nitrogens is 3. The van der Waals surface area contributed by atoms with Crippen molar-refractivity contribution in [3.05, 3.63) is 76.2 Å². The topological polar surface area (TPSA) is 251 Å². The second-order valence-corrected chi connectivity index (χ2v) is 11.9. The van der Waals surface area contributed by atoms with Crippen LogP contribution in [0.4, 0.5) is 29.2 Å². The molecule has 46 heavy (non-hydrogen) atoms. The number of nitrogens with zero attached hydrogens (tertiary/aromatic N) is 4. The van der Waals surface area contributed by atoms with E-state index in [2.05, 4.69) is 9.97 Å². The molecular weight excluding hydrogens is 648 g/mol. The van der Waals surface area contributed by atoms with Crippen LogP contribution in [0.25, 0.3) is 0 Å². The molecule has 1 aliphatic heterocycles. The van der Waals surface area contributed by atoms with Gasteiger partial charge in [-0.05, 0) is 49.4 Å². The molecule has 1 amide bonds. The normalized spacial score (nSPS) is 21.0. The van der Waals surface area contributed by atoms with E-state index in [0.717, 1.165) is 54.2 Å². The van der Waals surface area contributed by atoms with Gasteiger partial charge in [-0.25, -0.2) is 22.6 Å². The predicted molar refractivity (Wildman–Crippen MR) is 148 cm³/mol. The fourth-order valence-electron chi connectivity index (χ4n) is 4.02. The number of nitrogen functional groups attached to an aromatic ring is 1. The first kappa shape index (κ1) is 36.0. The Bertz CT molecular complexity index is 1780. The van der Waals surface area contributed by atoms with E-state index in [1.54, 1.807) is 0 Å². The highest BCUT2D eigenvalue weighted by molar-refractivity contribution is 7.91. The minimum atomic E-state index is -4.86. The lowest BCUT2D eigenvalue weighted by atomic mass is 10.1. The quantitative estimate of drug-likeness (QED) is 0.139. The van der Waals surface area contributed by atoms with Gasteiger partial charge in [0.1, 0.15) is 30.5 Å². The van der Waals surface area contributed by atoms with Crippen LogP contribution in [0.15, 0.2) is 58.5 Å². The van der Waals surface area contributed by atoms with Gasteiger partial charge in [-0.3, -0.25) is 9.36 Å². The number of nitrogens with one attached hydrogen (secondary N) is 1. The van der Waals surface area contributed by atoms with Crippen molar-refractivity contribution in [1.29, 1.82) is 5.26 Å². The molecule has 4 rings (SSSR count). The smallest absolute Gasteiger partial charge is 0.394 e. The molecule has 20 heteroatoms. The molecule has 0 radical (unpaired) electrons. The van der Waals surface area contributed by atoms with Gasteiger partial charge >= 0.3 is 11.9 Å². The molecule has 0 saturated carbocycles. The number of ether oxygens (including phenoxy) is 1. The predicted octanol–water partition coefficient (Wildman–Crippen LogP) is -0.288. The fraction of sp³-hybridized carbons (Fsp3) is 0.346. The zero-order valence-corrected chi connectivity index (χ0v) is 24.3. The van der Waals surface area contributed by atoms with Crippen molar-refractivity contribution in [2.45, 2.75) is 48.1 Å². The summed E-state index contributed by atoms with van der Waals surface area (Å²) in [5.74, 6) is -3.26. The van der Waals surface area contributed by atoms with Crippen LogP contribution in [0.1, 0.15) is 24.3 Å². The highest BCUT2D eigenvalue weighted by Crippen LogP contribution is 2.34. The summed E-state index contributed by atoms with van der Waals surface area (Å²) >= 11 is 0. The molecule has 0 bridgehead atoms.